The van der Waals surface area contributed by atoms with Crippen LogP contribution in [-0.4, -0.2) is 23.0 Å². The summed E-state index contributed by atoms with van der Waals surface area (Å²) in [5, 5.41) is 11.6. The molecule has 0 aliphatic carbocycles. The second-order valence-electron chi connectivity index (χ2n) is 4.70. The van der Waals surface area contributed by atoms with Gasteiger partial charge in [-0.1, -0.05) is 28.1 Å². The summed E-state index contributed by atoms with van der Waals surface area (Å²) < 4.78 is 0.955. The van der Waals surface area contributed by atoms with E-state index in [0.717, 1.165) is 10.0 Å². The highest BCUT2D eigenvalue weighted by Crippen LogP contribution is 2.19. The molecule has 19 heavy (non-hydrogen) atoms. The van der Waals surface area contributed by atoms with Crippen LogP contribution in [0.1, 0.15) is 32.3 Å². The van der Waals surface area contributed by atoms with Crippen molar-refractivity contribution in [1.82, 2.24) is 5.32 Å². The van der Waals surface area contributed by atoms with Gasteiger partial charge in [-0.15, -0.1) is 0 Å². The van der Waals surface area contributed by atoms with E-state index in [1.807, 2.05) is 24.3 Å². The SMILES string of the molecule is CC(C(=O)NC(C)C(C)C(=O)O)c1ccc(Br)cc1. The summed E-state index contributed by atoms with van der Waals surface area (Å²) in [6.45, 7) is 5.08. The van der Waals surface area contributed by atoms with Crippen molar-refractivity contribution in [2.24, 2.45) is 5.92 Å². The Hall–Kier alpha value is -1.36. The number of halogens is 1. The lowest BCUT2D eigenvalue weighted by molar-refractivity contribution is -0.142. The number of hydrogen-bond acceptors (Lipinski definition) is 2. The number of benzene rings is 1. The maximum absolute atomic E-state index is 12.1. The Balaban J connectivity index is 2.67. The van der Waals surface area contributed by atoms with Gasteiger partial charge in [-0.3, -0.25) is 9.59 Å². The monoisotopic (exact) mass is 327 g/mol. The maximum Gasteiger partial charge on any atom is 0.308 e. The smallest absolute Gasteiger partial charge is 0.308 e. The van der Waals surface area contributed by atoms with Gasteiger partial charge in [0.2, 0.25) is 5.91 Å². The predicted octanol–water partition coefficient (Wildman–Crippen LogP) is 2.78. The first-order valence-corrected chi connectivity index (χ1v) is 6.91. The normalized spacial score (nSPS) is 15.4. The van der Waals surface area contributed by atoms with Crippen LogP contribution in [0.15, 0.2) is 28.7 Å². The zero-order valence-corrected chi connectivity index (χ0v) is 12.8. The average molecular weight is 328 g/mol. The van der Waals surface area contributed by atoms with Crippen LogP contribution in [0.5, 0.6) is 0 Å². The molecule has 104 valence electrons. The lowest BCUT2D eigenvalue weighted by Crippen LogP contribution is -2.41. The zero-order chi connectivity index (χ0) is 14.6. The van der Waals surface area contributed by atoms with Crippen LogP contribution >= 0.6 is 15.9 Å². The van der Waals surface area contributed by atoms with E-state index in [0.29, 0.717) is 0 Å². The van der Waals surface area contributed by atoms with Crippen molar-refractivity contribution < 1.29 is 14.7 Å². The molecule has 3 unspecified atom stereocenters. The topological polar surface area (TPSA) is 66.4 Å². The third-order valence-electron chi connectivity index (χ3n) is 3.27. The maximum atomic E-state index is 12.1. The van der Waals surface area contributed by atoms with Crippen molar-refractivity contribution in [3.05, 3.63) is 34.3 Å². The third kappa shape index (κ3) is 4.35. The van der Waals surface area contributed by atoms with Crippen molar-refractivity contribution in [1.29, 1.82) is 0 Å². The second-order valence-corrected chi connectivity index (χ2v) is 5.61. The highest BCUT2D eigenvalue weighted by atomic mass is 79.9. The Morgan fingerprint density at radius 1 is 1.16 bits per heavy atom. The molecule has 3 atom stereocenters. The lowest BCUT2D eigenvalue weighted by Gasteiger charge is -2.20. The summed E-state index contributed by atoms with van der Waals surface area (Å²) in [6, 6.07) is 7.10. The molecular weight excluding hydrogens is 310 g/mol. The van der Waals surface area contributed by atoms with E-state index < -0.39 is 17.9 Å². The minimum absolute atomic E-state index is 0.164. The van der Waals surface area contributed by atoms with Crippen LogP contribution in [0.3, 0.4) is 0 Å². The van der Waals surface area contributed by atoms with Crippen LogP contribution < -0.4 is 5.32 Å². The molecule has 1 rings (SSSR count). The molecule has 0 bridgehead atoms. The number of nitrogens with one attached hydrogen (secondary N) is 1. The standard InChI is InChI=1S/C14H18BrNO3/c1-8(14(18)19)10(3)16-13(17)9(2)11-4-6-12(15)7-5-11/h4-10H,1-3H3,(H,16,17)(H,18,19). The molecule has 5 heteroatoms. The van der Waals surface area contributed by atoms with Crippen molar-refractivity contribution in [3.8, 4) is 0 Å². The number of carbonyl (C=O) groups is 2. The van der Waals surface area contributed by atoms with E-state index in [-0.39, 0.29) is 11.8 Å². The zero-order valence-electron chi connectivity index (χ0n) is 11.2. The van der Waals surface area contributed by atoms with Crippen LogP contribution in [-0.2, 0) is 9.59 Å². The molecule has 0 spiro atoms. The summed E-state index contributed by atoms with van der Waals surface area (Å²) in [4.78, 5) is 22.9. The molecule has 0 saturated carbocycles. The molecule has 0 aliphatic rings. The molecule has 0 saturated heterocycles. The van der Waals surface area contributed by atoms with Crippen molar-refractivity contribution in [2.75, 3.05) is 0 Å². The molecule has 0 fully saturated rings. The van der Waals surface area contributed by atoms with E-state index >= 15 is 0 Å². The van der Waals surface area contributed by atoms with E-state index in [2.05, 4.69) is 21.2 Å². The summed E-state index contributed by atoms with van der Waals surface area (Å²) in [5.41, 5.74) is 0.899. The molecular formula is C14H18BrNO3. The lowest BCUT2D eigenvalue weighted by atomic mass is 9.98. The summed E-state index contributed by atoms with van der Waals surface area (Å²) in [6.07, 6.45) is 0. The Morgan fingerprint density at radius 2 is 1.68 bits per heavy atom. The number of rotatable bonds is 5. The van der Waals surface area contributed by atoms with Gasteiger partial charge < -0.3 is 10.4 Å². The molecule has 0 aromatic heterocycles. The highest BCUT2D eigenvalue weighted by molar-refractivity contribution is 9.10. The fourth-order valence-electron chi connectivity index (χ4n) is 1.59. The molecule has 1 aromatic rings. The average Bonchev–Trinajstić information content (AvgIpc) is 2.37. The van der Waals surface area contributed by atoms with Crippen LogP contribution in [0.2, 0.25) is 0 Å². The second kappa shape index (κ2) is 6.70. The van der Waals surface area contributed by atoms with E-state index in [4.69, 9.17) is 5.11 Å². The Labute approximate surface area is 121 Å². The van der Waals surface area contributed by atoms with Crippen molar-refractivity contribution >= 4 is 27.8 Å². The molecule has 1 aromatic carbocycles. The first-order chi connectivity index (χ1) is 8.82. The van der Waals surface area contributed by atoms with Gasteiger partial charge in [0.05, 0.1) is 11.8 Å². The number of carboxylic acid groups (broad SMARTS) is 1. The molecule has 0 heterocycles. The van der Waals surface area contributed by atoms with Crippen LogP contribution in [0.4, 0.5) is 0 Å². The number of carboxylic acids is 1. The fourth-order valence-corrected chi connectivity index (χ4v) is 1.86. The van der Waals surface area contributed by atoms with Gasteiger partial charge in [-0.05, 0) is 38.5 Å². The first kappa shape index (κ1) is 15.7. The summed E-state index contributed by atoms with van der Waals surface area (Å²) in [7, 11) is 0. The molecule has 2 N–H and O–H groups in total. The quantitative estimate of drug-likeness (QED) is 0.873. The van der Waals surface area contributed by atoms with Crippen molar-refractivity contribution in [3.63, 3.8) is 0 Å². The molecule has 0 aliphatic heterocycles. The Bertz CT molecular complexity index is 458. The number of hydrogen-bond donors (Lipinski definition) is 2. The molecule has 1 amide bonds. The molecule has 0 radical (unpaired) electrons. The van der Waals surface area contributed by atoms with Crippen LogP contribution in [0, 0.1) is 5.92 Å². The largest absolute Gasteiger partial charge is 0.481 e. The van der Waals surface area contributed by atoms with E-state index in [1.54, 1.807) is 20.8 Å². The number of carbonyl (C=O) groups excluding carboxylic acids is 1. The third-order valence-corrected chi connectivity index (χ3v) is 3.80. The van der Waals surface area contributed by atoms with Gasteiger partial charge in [-0.25, -0.2) is 0 Å². The Kier molecular flexibility index (Phi) is 5.54. The number of amides is 1. The molecule has 4 nitrogen and oxygen atoms in total. The van der Waals surface area contributed by atoms with Gasteiger partial charge in [0.1, 0.15) is 0 Å². The number of aliphatic carboxylic acids is 1. The Morgan fingerprint density at radius 3 is 2.16 bits per heavy atom. The van der Waals surface area contributed by atoms with Gasteiger partial charge in [0.25, 0.3) is 0 Å². The summed E-state index contributed by atoms with van der Waals surface area (Å²) >= 11 is 3.34. The van der Waals surface area contributed by atoms with Gasteiger partial charge >= 0.3 is 5.97 Å². The minimum atomic E-state index is -0.913. The van der Waals surface area contributed by atoms with E-state index in [9.17, 15) is 9.59 Å². The van der Waals surface area contributed by atoms with Crippen LogP contribution in [0.25, 0.3) is 0 Å². The minimum Gasteiger partial charge on any atom is -0.481 e. The predicted molar refractivity (Wildman–Crippen MR) is 77.0 cm³/mol. The highest BCUT2D eigenvalue weighted by Gasteiger charge is 2.23. The van der Waals surface area contributed by atoms with Gasteiger partial charge in [0.15, 0.2) is 0 Å². The van der Waals surface area contributed by atoms with Gasteiger partial charge in [0, 0.05) is 10.5 Å². The first-order valence-electron chi connectivity index (χ1n) is 6.11. The van der Waals surface area contributed by atoms with Crippen molar-refractivity contribution in [2.45, 2.75) is 32.7 Å². The van der Waals surface area contributed by atoms with E-state index in [1.165, 1.54) is 0 Å². The fraction of sp³-hybridized carbons (Fsp3) is 0.429. The van der Waals surface area contributed by atoms with Gasteiger partial charge in [-0.2, -0.15) is 0 Å². The summed E-state index contributed by atoms with van der Waals surface area (Å²) in [5.74, 6) is -2.00.